The summed E-state index contributed by atoms with van der Waals surface area (Å²) in [7, 11) is 3.59. The van der Waals surface area contributed by atoms with Gasteiger partial charge in [0.15, 0.2) is 0 Å². The molecule has 6 heteroatoms. The number of hydrogen-bond donors (Lipinski definition) is 0. The number of carbonyl (C=O) groups is 2. The summed E-state index contributed by atoms with van der Waals surface area (Å²) in [5.41, 5.74) is 3.47. The molecule has 158 valence electrons. The van der Waals surface area contributed by atoms with Gasteiger partial charge >= 0.3 is 0 Å². The van der Waals surface area contributed by atoms with Gasteiger partial charge in [0.25, 0.3) is 0 Å². The van der Waals surface area contributed by atoms with Crippen LogP contribution in [0.2, 0.25) is 5.02 Å². The number of para-hydroxylation sites is 1. The second kappa shape index (κ2) is 8.68. The molecule has 0 aliphatic carbocycles. The number of rotatable bonds is 4. The molecule has 2 aromatic carbocycles. The third kappa shape index (κ3) is 4.17. The zero-order valence-electron chi connectivity index (χ0n) is 17.6. The maximum absolute atomic E-state index is 13.5. The molecule has 2 amide bonds. The van der Waals surface area contributed by atoms with E-state index in [0.29, 0.717) is 24.7 Å². The van der Waals surface area contributed by atoms with E-state index in [9.17, 15) is 9.59 Å². The van der Waals surface area contributed by atoms with E-state index in [1.54, 1.807) is 19.0 Å². The van der Waals surface area contributed by atoms with Gasteiger partial charge in [-0.3, -0.25) is 9.59 Å². The number of benzene rings is 2. The van der Waals surface area contributed by atoms with Crippen molar-refractivity contribution >= 4 is 29.1 Å². The van der Waals surface area contributed by atoms with Crippen molar-refractivity contribution in [3.8, 4) is 0 Å². The van der Waals surface area contributed by atoms with Crippen LogP contribution < -0.4 is 4.90 Å². The van der Waals surface area contributed by atoms with Crippen LogP contribution in [0.5, 0.6) is 0 Å². The van der Waals surface area contributed by atoms with Gasteiger partial charge in [-0.25, -0.2) is 0 Å². The Morgan fingerprint density at radius 1 is 1.03 bits per heavy atom. The molecule has 1 saturated heterocycles. The molecule has 1 atom stereocenters. The largest absolute Gasteiger partial charge is 0.355 e. The third-order valence-electron chi connectivity index (χ3n) is 6.24. The highest BCUT2D eigenvalue weighted by atomic mass is 35.5. The van der Waals surface area contributed by atoms with E-state index in [1.807, 2.05) is 41.3 Å². The highest BCUT2D eigenvalue weighted by Gasteiger charge is 2.38. The second-order valence-corrected chi connectivity index (χ2v) is 8.87. The summed E-state index contributed by atoms with van der Waals surface area (Å²) in [5, 5.41) is 0.711. The molecular weight excluding hydrogens is 398 g/mol. The van der Waals surface area contributed by atoms with Crippen molar-refractivity contribution in [2.24, 2.45) is 5.92 Å². The Kier molecular flexibility index (Phi) is 6.00. The number of likely N-dealkylation sites (tertiary alicyclic amines) is 1. The number of piperidine rings is 1. The topological polar surface area (TPSA) is 43.9 Å². The lowest BCUT2D eigenvalue weighted by molar-refractivity contribution is -0.139. The van der Waals surface area contributed by atoms with Gasteiger partial charge in [0, 0.05) is 56.8 Å². The molecular formula is C24H28ClN3O2. The van der Waals surface area contributed by atoms with Gasteiger partial charge < -0.3 is 14.7 Å². The number of carbonyl (C=O) groups excluding carboxylic acids is 2. The lowest BCUT2D eigenvalue weighted by Gasteiger charge is -2.36. The molecule has 5 nitrogen and oxygen atoms in total. The van der Waals surface area contributed by atoms with Crippen LogP contribution in [0.15, 0.2) is 48.5 Å². The predicted molar refractivity (Wildman–Crippen MR) is 120 cm³/mol. The smallest absolute Gasteiger partial charge is 0.245 e. The Morgan fingerprint density at radius 3 is 2.37 bits per heavy atom. The lowest BCUT2D eigenvalue weighted by Crippen LogP contribution is -2.50. The van der Waals surface area contributed by atoms with E-state index in [2.05, 4.69) is 17.0 Å². The average Bonchev–Trinajstić information content (AvgIpc) is 3.12. The number of fused-ring (bicyclic) bond motifs is 1. The van der Waals surface area contributed by atoms with Crippen molar-refractivity contribution in [2.75, 3.05) is 32.1 Å². The number of anilines is 1. The van der Waals surface area contributed by atoms with Gasteiger partial charge in [-0.1, -0.05) is 41.9 Å². The van der Waals surface area contributed by atoms with Gasteiger partial charge in [-0.15, -0.1) is 0 Å². The van der Waals surface area contributed by atoms with E-state index < -0.39 is 0 Å². The number of amides is 2. The van der Waals surface area contributed by atoms with Crippen molar-refractivity contribution in [3.63, 3.8) is 0 Å². The molecule has 1 fully saturated rings. The third-order valence-corrected chi connectivity index (χ3v) is 6.49. The normalized spacial score (nSPS) is 19.0. The maximum Gasteiger partial charge on any atom is 0.245 e. The average molecular weight is 426 g/mol. The molecule has 0 bridgehead atoms. The molecule has 1 unspecified atom stereocenters. The molecule has 0 saturated carbocycles. The van der Waals surface area contributed by atoms with Gasteiger partial charge in [0.05, 0.1) is 0 Å². The summed E-state index contributed by atoms with van der Waals surface area (Å²) < 4.78 is 0. The first-order chi connectivity index (χ1) is 14.4. The molecule has 0 aromatic heterocycles. The van der Waals surface area contributed by atoms with Gasteiger partial charge in [0.2, 0.25) is 11.8 Å². The first-order valence-corrected chi connectivity index (χ1v) is 10.9. The molecule has 2 aromatic rings. The van der Waals surface area contributed by atoms with Crippen LogP contribution in [0.1, 0.15) is 24.0 Å². The molecule has 4 rings (SSSR count). The molecule has 2 aliphatic heterocycles. The standard InChI is InChI=1S/C24H28ClN3O2/c1-26(2)23(29)18-11-13-27(14-12-18)24(30)22-15-19-5-3-4-6-21(19)28(22)16-17-7-9-20(25)10-8-17/h3-10,18,22H,11-16H2,1-2H3. The summed E-state index contributed by atoms with van der Waals surface area (Å²) >= 11 is 6.04. The monoisotopic (exact) mass is 425 g/mol. The zero-order chi connectivity index (χ0) is 21.3. The fourth-order valence-corrected chi connectivity index (χ4v) is 4.70. The Balaban J connectivity index is 1.50. The summed E-state index contributed by atoms with van der Waals surface area (Å²) in [5.74, 6) is 0.352. The fourth-order valence-electron chi connectivity index (χ4n) is 4.58. The lowest BCUT2D eigenvalue weighted by atomic mass is 9.95. The first kappa shape index (κ1) is 20.7. The summed E-state index contributed by atoms with van der Waals surface area (Å²) in [6.07, 6.45) is 2.19. The number of nitrogens with zero attached hydrogens (tertiary/aromatic N) is 3. The molecule has 0 N–H and O–H groups in total. The summed E-state index contributed by atoms with van der Waals surface area (Å²) in [6, 6.07) is 15.9. The molecule has 2 heterocycles. The van der Waals surface area contributed by atoms with Crippen LogP contribution in [-0.2, 0) is 22.6 Å². The highest BCUT2D eigenvalue weighted by molar-refractivity contribution is 6.30. The Morgan fingerprint density at radius 2 is 1.70 bits per heavy atom. The van der Waals surface area contributed by atoms with Crippen molar-refractivity contribution in [3.05, 3.63) is 64.7 Å². The summed E-state index contributed by atoms with van der Waals surface area (Å²) in [6.45, 7) is 1.95. The minimum atomic E-state index is -0.209. The van der Waals surface area contributed by atoms with Gasteiger partial charge in [-0.05, 0) is 42.2 Å². The summed E-state index contributed by atoms with van der Waals surface area (Å²) in [4.78, 5) is 31.6. The van der Waals surface area contributed by atoms with Gasteiger partial charge in [0.1, 0.15) is 6.04 Å². The Bertz CT molecular complexity index is 920. The van der Waals surface area contributed by atoms with E-state index in [0.717, 1.165) is 30.5 Å². The van der Waals surface area contributed by atoms with Crippen molar-refractivity contribution in [2.45, 2.75) is 31.8 Å². The maximum atomic E-state index is 13.5. The van der Waals surface area contributed by atoms with E-state index in [1.165, 1.54) is 5.56 Å². The Hall–Kier alpha value is -2.53. The van der Waals surface area contributed by atoms with Crippen LogP contribution in [0.4, 0.5) is 5.69 Å². The number of hydrogen-bond acceptors (Lipinski definition) is 3. The minimum absolute atomic E-state index is 0.0231. The Labute approximate surface area is 183 Å². The molecule has 0 spiro atoms. The number of halogens is 1. The first-order valence-electron chi connectivity index (χ1n) is 10.5. The molecule has 0 radical (unpaired) electrons. The zero-order valence-corrected chi connectivity index (χ0v) is 18.3. The highest BCUT2D eigenvalue weighted by Crippen LogP contribution is 2.35. The fraction of sp³-hybridized carbons (Fsp3) is 0.417. The second-order valence-electron chi connectivity index (χ2n) is 8.44. The van der Waals surface area contributed by atoms with E-state index >= 15 is 0 Å². The van der Waals surface area contributed by atoms with Crippen molar-refractivity contribution < 1.29 is 9.59 Å². The van der Waals surface area contributed by atoms with Gasteiger partial charge in [-0.2, -0.15) is 0 Å². The van der Waals surface area contributed by atoms with Crippen LogP contribution in [-0.4, -0.2) is 54.8 Å². The van der Waals surface area contributed by atoms with Crippen molar-refractivity contribution in [1.29, 1.82) is 0 Å². The SMILES string of the molecule is CN(C)C(=O)C1CCN(C(=O)C2Cc3ccccc3N2Cc2ccc(Cl)cc2)CC1. The van der Waals surface area contributed by atoms with Crippen LogP contribution in [0.25, 0.3) is 0 Å². The molecule has 2 aliphatic rings. The van der Waals surface area contributed by atoms with Crippen LogP contribution in [0, 0.1) is 5.92 Å². The van der Waals surface area contributed by atoms with Crippen LogP contribution in [0.3, 0.4) is 0 Å². The van der Waals surface area contributed by atoms with Crippen molar-refractivity contribution in [1.82, 2.24) is 9.80 Å². The van der Waals surface area contributed by atoms with E-state index in [-0.39, 0.29) is 23.8 Å². The quantitative estimate of drug-likeness (QED) is 0.751. The molecule has 30 heavy (non-hydrogen) atoms. The van der Waals surface area contributed by atoms with Crippen LogP contribution >= 0.6 is 11.6 Å². The predicted octanol–water partition coefficient (Wildman–Crippen LogP) is 3.60. The van der Waals surface area contributed by atoms with E-state index in [4.69, 9.17) is 11.6 Å². The minimum Gasteiger partial charge on any atom is -0.355 e.